The van der Waals surface area contributed by atoms with Crippen LogP contribution in [0.5, 0.6) is 11.5 Å². The number of fused-ring (bicyclic) bond motifs is 1. The standard InChI is InChI=1S/C23H29NO3/c1-16-11-12-20(15-17(16)2)26-14-13-24-23(25)18(3)27-22-10-6-8-19-7-4-5-9-21(19)22/h6,8,10-12,15,18H,4-5,7,9,13-14H2,1-3H3,(H,24,25)/t18-/m1/s1. The van der Waals surface area contributed by atoms with Crippen LogP contribution in [0.25, 0.3) is 0 Å². The van der Waals surface area contributed by atoms with Crippen LogP contribution >= 0.6 is 0 Å². The fourth-order valence-electron chi connectivity index (χ4n) is 3.39. The van der Waals surface area contributed by atoms with Gasteiger partial charge in [-0.05, 0) is 86.9 Å². The molecule has 1 amide bonds. The van der Waals surface area contributed by atoms with Crippen molar-refractivity contribution in [3.05, 3.63) is 58.7 Å². The van der Waals surface area contributed by atoms with Gasteiger partial charge in [-0.25, -0.2) is 0 Å². The quantitative estimate of drug-likeness (QED) is 0.748. The Labute approximate surface area is 161 Å². The normalized spacial score (nSPS) is 14.2. The lowest BCUT2D eigenvalue weighted by Crippen LogP contribution is -2.38. The van der Waals surface area contributed by atoms with Gasteiger partial charge in [0.15, 0.2) is 6.10 Å². The van der Waals surface area contributed by atoms with Gasteiger partial charge in [-0.2, -0.15) is 0 Å². The van der Waals surface area contributed by atoms with Crippen LogP contribution in [0.1, 0.15) is 42.0 Å². The zero-order valence-electron chi connectivity index (χ0n) is 16.5. The minimum absolute atomic E-state index is 0.118. The van der Waals surface area contributed by atoms with Gasteiger partial charge in [0.25, 0.3) is 5.91 Å². The van der Waals surface area contributed by atoms with Crippen molar-refractivity contribution in [2.45, 2.75) is 52.6 Å². The van der Waals surface area contributed by atoms with Crippen LogP contribution in [-0.2, 0) is 17.6 Å². The maximum Gasteiger partial charge on any atom is 0.260 e. The minimum atomic E-state index is -0.528. The molecule has 4 heteroatoms. The van der Waals surface area contributed by atoms with E-state index in [4.69, 9.17) is 9.47 Å². The summed E-state index contributed by atoms with van der Waals surface area (Å²) in [6, 6.07) is 12.2. The van der Waals surface area contributed by atoms with Crippen molar-refractivity contribution >= 4 is 5.91 Å². The molecule has 1 aliphatic rings. The van der Waals surface area contributed by atoms with Gasteiger partial charge in [0.05, 0.1) is 6.54 Å². The molecule has 0 unspecified atom stereocenters. The Morgan fingerprint density at radius 1 is 1.11 bits per heavy atom. The van der Waals surface area contributed by atoms with Gasteiger partial charge < -0.3 is 14.8 Å². The van der Waals surface area contributed by atoms with E-state index in [1.165, 1.54) is 35.1 Å². The molecule has 0 aliphatic heterocycles. The molecular formula is C23H29NO3. The molecule has 1 N–H and O–H groups in total. The summed E-state index contributed by atoms with van der Waals surface area (Å²) >= 11 is 0. The molecule has 1 aliphatic carbocycles. The predicted molar refractivity (Wildman–Crippen MR) is 108 cm³/mol. The van der Waals surface area contributed by atoms with Crippen LogP contribution in [0.3, 0.4) is 0 Å². The second-order valence-electron chi connectivity index (χ2n) is 7.25. The van der Waals surface area contributed by atoms with Crippen molar-refractivity contribution in [3.8, 4) is 11.5 Å². The molecule has 0 spiro atoms. The molecule has 2 aromatic carbocycles. The lowest BCUT2D eigenvalue weighted by molar-refractivity contribution is -0.127. The van der Waals surface area contributed by atoms with Crippen molar-refractivity contribution in [3.63, 3.8) is 0 Å². The number of amides is 1. The summed E-state index contributed by atoms with van der Waals surface area (Å²) in [6.07, 6.45) is 4.02. The van der Waals surface area contributed by atoms with Crippen LogP contribution < -0.4 is 14.8 Å². The second kappa shape index (κ2) is 8.94. The Kier molecular flexibility index (Phi) is 6.38. The van der Waals surface area contributed by atoms with Crippen molar-refractivity contribution in [2.24, 2.45) is 0 Å². The second-order valence-corrected chi connectivity index (χ2v) is 7.25. The van der Waals surface area contributed by atoms with Crippen LogP contribution in [0.4, 0.5) is 0 Å². The molecule has 1 atom stereocenters. The van der Waals surface area contributed by atoms with Gasteiger partial charge in [-0.3, -0.25) is 4.79 Å². The molecular weight excluding hydrogens is 338 g/mol. The lowest BCUT2D eigenvalue weighted by atomic mass is 9.91. The van der Waals surface area contributed by atoms with Crippen LogP contribution in [0, 0.1) is 13.8 Å². The van der Waals surface area contributed by atoms with Crippen molar-refractivity contribution < 1.29 is 14.3 Å². The highest BCUT2D eigenvalue weighted by Gasteiger charge is 2.19. The highest BCUT2D eigenvalue weighted by Crippen LogP contribution is 2.30. The van der Waals surface area contributed by atoms with E-state index < -0.39 is 6.10 Å². The number of nitrogens with one attached hydrogen (secondary N) is 1. The average Bonchev–Trinajstić information content (AvgIpc) is 2.68. The summed E-state index contributed by atoms with van der Waals surface area (Å²) in [4.78, 5) is 12.3. The number of rotatable bonds is 7. The molecule has 4 nitrogen and oxygen atoms in total. The summed E-state index contributed by atoms with van der Waals surface area (Å²) in [7, 11) is 0. The summed E-state index contributed by atoms with van der Waals surface area (Å²) in [5.74, 6) is 1.56. The number of carbonyl (C=O) groups excluding carboxylic acids is 1. The molecule has 3 rings (SSSR count). The molecule has 0 heterocycles. The van der Waals surface area contributed by atoms with Gasteiger partial charge in [0.1, 0.15) is 18.1 Å². The lowest BCUT2D eigenvalue weighted by Gasteiger charge is -2.22. The first-order valence-electron chi connectivity index (χ1n) is 9.80. The SMILES string of the molecule is Cc1ccc(OCCNC(=O)[C@@H](C)Oc2cccc3c2CCCC3)cc1C. The summed E-state index contributed by atoms with van der Waals surface area (Å²) in [5, 5.41) is 2.89. The van der Waals surface area contributed by atoms with Gasteiger partial charge >= 0.3 is 0 Å². The van der Waals surface area contributed by atoms with Crippen molar-refractivity contribution in [2.75, 3.05) is 13.2 Å². The Morgan fingerprint density at radius 3 is 2.74 bits per heavy atom. The van der Waals surface area contributed by atoms with E-state index >= 15 is 0 Å². The van der Waals surface area contributed by atoms with E-state index in [-0.39, 0.29) is 5.91 Å². The first-order chi connectivity index (χ1) is 13.0. The molecule has 144 valence electrons. The molecule has 0 radical (unpaired) electrons. The maximum atomic E-state index is 12.3. The average molecular weight is 367 g/mol. The number of aryl methyl sites for hydroxylation is 3. The van der Waals surface area contributed by atoms with Gasteiger partial charge in [-0.1, -0.05) is 18.2 Å². The molecule has 0 saturated heterocycles. The van der Waals surface area contributed by atoms with Crippen LogP contribution in [0.15, 0.2) is 36.4 Å². The van der Waals surface area contributed by atoms with Crippen LogP contribution in [-0.4, -0.2) is 25.2 Å². The Hall–Kier alpha value is -2.49. The van der Waals surface area contributed by atoms with E-state index in [0.717, 1.165) is 24.3 Å². The molecule has 0 fully saturated rings. The first-order valence-corrected chi connectivity index (χ1v) is 9.80. The molecule has 2 aromatic rings. The van der Waals surface area contributed by atoms with Crippen molar-refractivity contribution in [1.82, 2.24) is 5.32 Å². The summed E-state index contributed by atoms with van der Waals surface area (Å²) < 4.78 is 11.7. The van der Waals surface area contributed by atoms with E-state index in [1.807, 2.05) is 30.3 Å². The monoisotopic (exact) mass is 367 g/mol. The minimum Gasteiger partial charge on any atom is -0.492 e. The molecule has 0 aromatic heterocycles. The third-order valence-electron chi connectivity index (χ3n) is 5.17. The number of ether oxygens (including phenoxy) is 2. The zero-order chi connectivity index (χ0) is 19.2. The highest BCUT2D eigenvalue weighted by atomic mass is 16.5. The smallest absolute Gasteiger partial charge is 0.260 e. The molecule has 0 saturated carbocycles. The van der Waals surface area contributed by atoms with Gasteiger partial charge in [0.2, 0.25) is 0 Å². The largest absolute Gasteiger partial charge is 0.492 e. The number of hydrogen-bond acceptors (Lipinski definition) is 3. The predicted octanol–water partition coefficient (Wildman–Crippen LogP) is 4.14. The number of carbonyl (C=O) groups is 1. The first kappa shape index (κ1) is 19.3. The van der Waals surface area contributed by atoms with E-state index in [2.05, 4.69) is 25.2 Å². The molecule has 27 heavy (non-hydrogen) atoms. The van der Waals surface area contributed by atoms with Gasteiger partial charge in [-0.15, -0.1) is 0 Å². The third-order valence-corrected chi connectivity index (χ3v) is 5.17. The Balaban J connectivity index is 1.46. The summed E-state index contributed by atoms with van der Waals surface area (Å²) in [5.41, 5.74) is 5.06. The van der Waals surface area contributed by atoms with E-state index in [9.17, 15) is 4.79 Å². The third kappa shape index (κ3) is 5.03. The highest BCUT2D eigenvalue weighted by molar-refractivity contribution is 5.80. The topological polar surface area (TPSA) is 47.6 Å². The van der Waals surface area contributed by atoms with E-state index in [0.29, 0.717) is 13.2 Å². The van der Waals surface area contributed by atoms with Gasteiger partial charge in [0, 0.05) is 0 Å². The molecule has 0 bridgehead atoms. The number of hydrogen-bond donors (Lipinski definition) is 1. The van der Waals surface area contributed by atoms with E-state index in [1.54, 1.807) is 6.92 Å². The summed E-state index contributed by atoms with van der Waals surface area (Å²) in [6.45, 7) is 6.81. The Morgan fingerprint density at radius 2 is 1.93 bits per heavy atom. The maximum absolute atomic E-state index is 12.3. The van der Waals surface area contributed by atoms with Crippen LogP contribution in [0.2, 0.25) is 0 Å². The Bertz CT molecular complexity index is 800. The van der Waals surface area contributed by atoms with Crippen molar-refractivity contribution in [1.29, 1.82) is 0 Å². The zero-order valence-corrected chi connectivity index (χ0v) is 16.5. The number of benzene rings is 2. The fourth-order valence-corrected chi connectivity index (χ4v) is 3.39. The fraction of sp³-hybridized carbons (Fsp3) is 0.435.